The number of aromatic nitrogens is 2. The predicted octanol–water partition coefficient (Wildman–Crippen LogP) is 4.69. The van der Waals surface area contributed by atoms with E-state index in [4.69, 9.17) is 9.47 Å². The van der Waals surface area contributed by atoms with Crippen molar-refractivity contribution < 1.29 is 27.4 Å². The molecule has 2 bridgehead atoms. The van der Waals surface area contributed by atoms with E-state index in [1.54, 1.807) is 36.7 Å². The summed E-state index contributed by atoms with van der Waals surface area (Å²) in [6.07, 6.45) is 6.49. The Bertz CT molecular complexity index is 1660. The predicted molar refractivity (Wildman–Crippen MR) is 166 cm³/mol. The Morgan fingerprint density at radius 1 is 1.22 bits per heavy atom. The highest BCUT2D eigenvalue weighted by molar-refractivity contribution is 8.00. The van der Waals surface area contributed by atoms with Gasteiger partial charge >= 0.3 is 5.51 Å². The molecule has 2 aromatic heterocycles. The number of benzene rings is 1. The molecule has 5 atom stereocenters. The molecule has 238 valence electrons. The molecule has 4 fully saturated rings. The number of methoxy groups -OCH3 is 1. The minimum atomic E-state index is -4.49. The second-order valence-corrected chi connectivity index (χ2v) is 13.4. The number of carbonyl (C=O) groups is 1. The van der Waals surface area contributed by atoms with Crippen molar-refractivity contribution >= 4 is 34.7 Å². The zero-order valence-corrected chi connectivity index (χ0v) is 25.8. The fourth-order valence-electron chi connectivity index (χ4n) is 7.30. The van der Waals surface area contributed by atoms with Crippen LogP contribution < -0.4 is 20.7 Å². The van der Waals surface area contributed by atoms with Crippen molar-refractivity contribution in [3.63, 3.8) is 0 Å². The van der Waals surface area contributed by atoms with Crippen LogP contribution in [-0.4, -0.2) is 84.3 Å². The van der Waals surface area contributed by atoms with E-state index in [0.717, 1.165) is 37.3 Å². The molecule has 45 heavy (non-hydrogen) atoms. The van der Waals surface area contributed by atoms with E-state index in [9.17, 15) is 18.0 Å². The molecular formula is C32H35F3N6O3S. The van der Waals surface area contributed by atoms with Gasteiger partial charge in [-0.2, -0.15) is 13.2 Å². The Hall–Kier alpha value is -3.60. The van der Waals surface area contributed by atoms with Gasteiger partial charge in [-0.25, -0.2) is 4.98 Å². The summed E-state index contributed by atoms with van der Waals surface area (Å²) in [5.74, 6) is 8.74. The van der Waals surface area contributed by atoms with Crippen molar-refractivity contribution in [2.24, 2.45) is 17.8 Å². The van der Waals surface area contributed by atoms with Crippen molar-refractivity contribution in [1.29, 1.82) is 0 Å². The van der Waals surface area contributed by atoms with Gasteiger partial charge in [-0.05, 0) is 68.3 Å². The molecule has 3 aromatic rings. The lowest BCUT2D eigenvalue weighted by Gasteiger charge is -2.36. The molecule has 2 unspecified atom stereocenters. The topological polar surface area (TPSA) is 92.2 Å². The average molecular weight is 641 g/mol. The molecule has 1 amide bonds. The first-order valence-electron chi connectivity index (χ1n) is 15.2. The number of carbonyl (C=O) groups excluding carboxylic acids is 1. The maximum absolute atomic E-state index is 13.7. The average Bonchev–Trinajstić information content (AvgIpc) is 3.63. The fourth-order valence-corrected chi connectivity index (χ4v) is 7.99. The Kier molecular flexibility index (Phi) is 8.00. The molecule has 4 aliphatic rings. The molecule has 2 saturated heterocycles. The molecular weight excluding hydrogens is 605 g/mol. The number of hydrogen-bond donors (Lipinski definition) is 3. The first-order valence-corrected chi connectivity index (χ1v) is 16.0. The molecule has 0 radical (unpaired) electrons. The lowest BCUT2D eigenvalue weighted by atomic mass is 9.89. The first-order chi connectivity index (χ1) is 21.7. The van der Waals surface area contributed by atoms with Gasteiger partial charge in [0.05, 0.1) is 49.7 Å². The number of alkyl halides is 3. The maximum Gasteiger partial charge on any atom is 0.447 e. The van der Waals surface area contributed by atoms with E-state index in [2.05, 4.69) is 44.7 Å². The van der Waals surface area contributed by atoms with E-state index in [-0.39, 0.29) is 46.9 Å². The summed E-state index contributed by atoms with van der Waals surface area (Å²) >= 11 is -0.174. The van der Waals surface area contributed by atoms with Gasteiger partial charge in [0.15, 0.2) is 5.82 Å². The van der Waals surface area contributed by atoms with Crippen LogP contribution in [-0.2, 0) is 4.74 Å². The van der Waals surface area contributed by atoms with Crippen LogP contribution in [0.25, 0.3) is 5.52 Å². The van der Waals surface area contributed by atoms with Crippen LogP contribution in [0.3, 0.4) is 0 Å². The van der Waals surface area contributed by atoms with Gasteiger partial charge in [-0.1, -0.05) is 11.8 Å². The second-order valence-electron chi connectivity index (χ2n) is 12.3. The number of anilines is 2. The number of nitrogens with one attached hydrogen (secondary N) is 3. The number of amides is 1. The zero-order chi connectivity index (χ0) is 31.3. The number of ether oxygens (including phenoxy) is 2. The number of fused-ring (bicyclic) bond motifs is 3. The van der Waals surface area contributed by atoms with Crippen LogP contribution in [0, 0.1) is 29.6 Å². The van der Waals surface area contributed by atoms with Crippen molar-refractivity contribution in [2.75, 3.05) is 51.1 Å². The van der Waals surface area contributed by atoms with Crippen LogP contribution in [0.1, 0.15) is 35.2 Å². The van der Waals surface area contributed by atoms with E-state index < -0.39 is 5.51 Å². The van der Waals surface area contributed by atoms with Crippen molar-refractivity contribution in [3.05, 3.63) is 47.8 Å². The summed E-state index contributed by atoms with van der Waals surface area (Å²) < 4.78 is 53.2. The lowest BCUT2D eigenvalue weighted by Crippen LogP contribution is -2.48. The highest BCUT2D eigenvalue weighted by Crippen LogP contribution is 2.56. The Labute approximate surface area is 263 Å². The number of halogens is 3. The van der Waals surface area contributed by atoms with Crippen molar-refractivity contribution in [2.45, 2.75) is 47.9 Å². The largest absolute Gasteiger partial charge is 0.495 e. The van der Waals surface area contributed by atoms with Crippen LogP contribution in [0.5, 0.6) is 5.75 Å². The first kappa shape index (κ1) is 30.1. The second kappa shape index (κ2) is 12.0. The van der Waals surface area contributed by atoms with Crippen LogP contribution in [0.4, 0.5) is 24.7 Å². The van der Waals surface area contributed by atoms with Gasteiger partial charge in [0.25, 0.3) is 5.91 Å². The number of likely N-dealkylation sites (tertiary alicyclic amines) is 1. The molecule has 2 aliphatic carbocycles. The molecule has 1 aromatic carbocycles. The summed E-state index contributed by atoms with van der Waals surface area (Å²) in [7, 11) is 3.71. The number of nitrogens with zero attached hydrogens (tertiary/aromatic N) is 3. The van der Waals surface area contributed by atoms with Crippen molar-refractivity contribution in [3.8, 4) is 17.6 Å². The van der Waals surface area contributed by atoms with Gasteiger partial charge in [0.1, 0.15) is 10.8 Å². The number of hydrogen-bond acceptors (Lipinski definition) is 8. The van der Waals surface area contributed by atoms with Crippen LogP contribution in [0.2, 0.25) is 0 Å². The fraction of sp³-hybridized carbons (Fsp3) is 0.500. The molecule has 2 saturated carbocycles. The minimum absolute atomic E-state index is 0.00242. The summed E-state index contributed by atoms with van der Waals surface area (Å²) in [5, 5.41) is 9.67. The van der Waals surface area contributed by atoms with E-state index in [0.29, 0.717) is 47.5 Å². The van der Waals surface area contributed by atoms with Gasteiger partial charge in [0, 0.05) is 48.3 Å². The molecule has 3 N–H and O–H groups in total. The summed E-state index contributed by atoms with van der Waals surface area (Å²) in [4.78, 5) is 19.5. The van der Waals surface area contributed by atoms with Gasteiger partial charge < -0.3 is 34.7 Å². The third-order valence-electron chi connectivity index (χ3n) is 9.49. The Morgan fingerprint density at radius 3 is 2.82 bits per heavy atom. The summed E-state index contributed by atoms with van der Waals surface area (Å²) in [6.45, 7) is 2.16. The normalized spacial score (nSPS) is 25.8. The van der Waals surface area contributed by atoms with Gasteiger partial charge in [-0.15, -0.1) is 0 Å². The molecule has 4 heterocycles. The number of thioether (sulfide) groups is 1. The SMILES string of the molecule is COc1cc(C(=O)NC2COC2)ccc1NCC#Cc1cc2c(N[C@@H]3CC[C@H]4C5C[C@@H]3CN(C)C54)nccn2c1SC(F)(F)F. The third kappa shape index (κ3) is 6.15. The van der Waals surface area contributed by atoms with E-state index in [1.807, 2.05) is 0 Å². The zero-order valence-electron chi connectivity index (χ0n) is 25.0. The monoisotopic (exact) mass is 640 g/mol. The standard InChI is InChI=1S/C32H35F3N6O3S/c1-40-15-20-12-23-22(28(23)40)6-8-24(20)39-29-26-13-19(31(45-32(33,34)35)41(26)11-10-37-29)4-3-9-36-25-7-5-18(14-27(25)43-2)30(42)38-21-16-44-17-21/h5,7,10-11,13-14,20-24,28,36H,6,8-9,12,15-17H2,1-2H3,(H,37,39)(H,38,42)/t20-,22+,23?,24-,28?/m1/s1. The molecule has 0 spiro atoms. The number of rotatable bonds is 8. The quantitative estimate of drug-likeness (QED) is 0.242. The van der Waals surface area contributed by atoms with E-state index in [1.165, 1.54) is 17.9 Å². The summed E-state index contributed by atoms with van der Waals surface area (Å²) in [6, 6.07) is 7.66. The van der Waals surface area contributed by atoms with Crippen LogP contribution >= 0.6 is 11.8 Å². The van der Waals surface area contributed by atoms with E-state index >= 15 is 0 Å². The highest BCUT2D eigenvalue weighted by atomic mass is 32.2. The van der Waals surface area contributed by atoms with Gasteiger partial charge in [-0.3, -0.25) is 4.79 Å². The molecule has 2 aliphatic heterocycles. The Balaban J connectivity index is 1.09. The Morgan fingerprint density at radius 2 is 2.07 bits per heavy atom. The third-order valence-corrected chi connectivity index (χ3v) is 10.3. The molecule has 9 nitrogen and oxygen atoms in total. The van der Waals surface area contributed by atoms with Crippen molar-refractivity contribution in [1.82, 2.24) is 19.6 Å². The lowest BCUT2D eigenvalue weighted by molar-refractivity contribution is -0.0329. The molecule has 7 rings (SSSR count). The minimum Gasteiger partial charge on any atom is -0.495 e. The summed E-state index contributed by atoms with van der Waals surface area (Å²) in [5.41, 5.74) is -2.58. The maximum atomic E-state index is 13.7. The highest BCUT2D eigenvalue weighted by Gasteiger charge is 2.58. The van der Waals surface area contributed by atoms with Crippen LogP contribution in [0.15, 0.2) is 41.7 Å². The van der Waals surface area contributed by atoms with Gasteiger partial charge in [0.2, 0.25) is 0 Å². The smallest absolute Gasteiger partial charge is 0.447 e. The number of piperidine rings is 1. The molecule has 13 heteroatoms.